The molecule has 21 heavy (non-hydrogen) atoms. The Morgan fingerprint density at radius 1 is 1.38 bits per heavy atom. The van der Waals surface area contributed by atoms with Crippen LogP contribution in [0.4, 0.5) is 0 Å². The standard InChI is InChI=1S/C16H20N2O3/c1-20-16(19)15-4-2-3-9-18(15)10-11-21-14-7-5-13(12-17)6-8-14/h5-8,15H,2-4,9-11H2,1H3/t15-/m0/s1. The van der Waals surface area contributed by atoms with Crippen LogP contribution in [0.25, 0.3) is 0 Å². The molecular formula is C16H20N2O3. The Morgan fingerprint density at radius 2 is 2.14 bits per heavy atom. The molecule has 1 saturated heterocycles. The third-order valence-electron chi connectivity index (χ3n) is 3.72. The molecule has 0 saturated carbocycles. The molecule has 0 unspecified atom stereocenters. The summed E-state index contributed by atoms with van der Waals surface area (Å²) in [6.07, 6.45) is 3.01. The van der Waals surface area contributed by atoms with Crippen LogP contribution in [0.15, 0.2) is 24.3 Å². The summed E-state index contributed by atoms with van der Waals surface area (Å²) in [6.45, 7) is 2.11. The van der Waals surface area contributed by atoms with E-state index in [1.165, 1.54) is 7.11 Å². The molecule has 5 heteroatoms. The number of ether oxygens (including phenoxy) is 2. The average molecular weight is 288 g/mol. The summed E-state index contributed by atoms with van der Waals surface area (Å²) < 4.78 is 10.5. The largest absolute Gasteiger partial charge is 0.492 e. The van der Waals surface area contributed by atoms with Gasteiger partial charge in [0.25, 0.3) is 0 Å². The molecule has 1 heterocycles. The third-order valence-corrected chi connectivity index (χ3v) is 3.72. The van der Waals surface area contributed by atoms with Crippen molar-refractivity contribution in [1.82, 2.24) is 4.90 Å². The minimum Gasteiger partial charge on any atom is -0.492 e. The lowest BCUT2D eigenvalue weighted by atomic mass is 10.0. The zero-order valence-corrected chi connectivity index (χ0v) is 12.2. The third kappa shape index (κ3) is 4.20. The molecule has 1 aromatic rings. The number of benzene rings is 1. The minimum absolute atomic E-state index is 0.145. The van der Waals surface area contributed by atoms with E-state index in [9.17, 15) is 4.79 Å². The fraction of sp³-hybridized carbons (Fsp3) is 0.500. The number of carbonyl (C=O) groups is 1. The van der Waals surface area contributed by atoms with Crippen LogP contribution in [0.2, 0.25) is 0 Å². The van der Waals surface area contributed by atoms with Crippen molar-refractivity contribution in [2.45, 2.75) is 25.3 Å². The molecule has 2 rings (SSSR count). The highest BCUT2D eigenvalue weighted by Crippen LogP contribution is 2.18. The van der Waals surface area contributed by atoms with Gasteiger partial charge in [0.05, 0.1) is 18.7 Å². The monoisotopic (exact) mass is 288 g/mol. The van der Waals surface area contributed by atoms with E-state index in [0.717, 1.165) is 31.6 Å². The van der Waals surface area contributed by atoms with E-state index in [1.54, 1.807) is 24.3 Å². The number of carbonyl (C=O) groups excluding carboxylic acids is 1. The maximum absolute atomic E-state index is 11.7. The van der Waals surface area contributed by atoms with E-state index in [1.807, 2.05) is 0 Å². The molecule has 0 N–H and O–H groups in total. The van der Waals surface area contributed by atoms with Crippen molar-refractivity contribution in [3.8, 4) is 11.8 Å². The number of esters is 1. The van der Waals surface area contributed by atoms with Crippen molar-refractivity contribution in [1.29, 1.82) is 5.26 Å². The number of rotatable bonds is 5. The highest BCUT2D eigenvalue weighted by Gasteiger charge is 2.28. The number of nitrogens with zero attached hydrogens (tertiary/aromatic N) is 2. The van der Waals surface area contributed by atoms with Crippen LogP contribution in [-0.2, 0) is 9.53 Å². The summed E-state index contributed by atoms with van der Waals surface area (Å²) in [5, 5.41) is 8.74. The number of likely N-dealkylation sites (tertiary alicyclic amines) is 1. The Labute approximate surface area is 125 Å². The molecule has 0 bridgehead atoms. The predicted molar refractivity (Wildman–Crippen MR) is 77.9 cm³/mol. The molecule has 0 radical (unpaired) electrons. The summed E-state index contributed by atoms with van der Waals surface area (Å²) in [5.41, 5.74) is 0.615. The smallest absolute Gasteiger partial charge is 0.323 e. The summed E-state index contributed by atoms with van der Waals surface area (Å²) in [7, 11) is 1.43. The van der Waals surface area contributed by atoms with Gasteiger partial charge in [0.2, 0.25) is 0 Å². The first-order valence-electron chi connectivity index (χ1n) is 7.19. The predicted octanol–water partition coefficient (Wildman–Crippen LogP) is 1.96. The Balaban J connectivity index is 1.83. The van der Waals surface area contributed by atoms with Crippen LogP contribution in [0.3, 0.4) is 0 Å². The Bertz CT molecular complexity index is 507. The zero-order valence-electron chi connectivity index (χ0n) is 12.2. The molecule has 1 aromatic carbocycles. The second-order valence-corrected chi connectivity index (χ2v) is 5.06. The Kier molecular flexibility index (Phi) is 5.59. The molecular weight excluding hydrogens is 268 g/mol. The lowest BCUT2D eigenvalue weighted by molar-refractivity contribution is -0.148. The quantitative estimate of drug-likeness (QED) is 0.775. The van der Waals surface area contributed by atoms with E-state index >= 15 is 0 Å². The van der Waals surface area contributed by atoms with Gasteiger partial charge in [-0.15, -0.1) is 0 Å². The van der Waals surface area contributed by atoms with Gasteiger partial charge in [0.15, 0.2) is 0 Å². The van der Waals surface area contributed by atoms with Crippen LogP contribution < -0.4 is 4.74 Å². The topological polar surface area (TPSA) is 62.6 Å². The minimum atomic E-state index is -0.159. The maximum atomic E-state index is 11.7. The van der Waals surface area contributed by atoms with Crippen molar-refractivity contribution in [3.05, 3.63) is 29.8 Å². The molecule has 5 nitrogen and oxygen atoms in total. The van der Waals surface area contributed by atoms with Gasteiger partial charge in [-0.05, 0) is 43.7 Å². The van der Waals surface area contributed by atoms with Gasteiger partial charge in [-0.1, -0.05) is 6.42 Å². The summed E-state index contributed by atoms with van der Waals surface area (Å²) in [5.74, 6) is 0.578. The van der Waals surface area contributed by atoms with Gasteiger partial charge >= 0.3 is 5.97 Å². The molecule has 0 amide bonds. The van der Waals surface area contributed by atoms with Crippen LogP contribution >= 0.6 is 0 Å². The SMILES string of the molecule is COC(=O)[C@@H]1CCCCN1CCOc1ccc(C#N)cc1. The summed E-state index contributed by atoms with van der Waals surface area (Å²) in [6, 6.07) is 8.95. The van der Waals surface area contributed by atoms with Gasteiger partial charge < -0.3 is 9.47 Å². The van der Waals surface area contributed by atoms with Crippen LogP contribution in [0.1, 0.15) is 24.8 Å². The van der Waals surface area contributed by atoms with Crippen molar-refractivity contribution in [2.24, 2.45) is 0 Å². The average Bonchev–Trinajstić information content (AvgIpc) is 2.55. The first-order chi connectivity index (χ1) is 10.2. The summed E-state index contributed by atoms with van der Waals surface area (Å²) in [4.78, 5) is 13.9. The Morgan fingerprint density at radius 3 is 2.81 bits per heavy atom. The maximum Gasteiger partial charge on any atom is 0.323 e. The van der Waals surface area contributed by atoms with E-state index in [0.29, 0.717) is 18.7 Å². The fourth-order valence-electron chi connectivity index (χ4n) is 2.57. The molecule has 1 fully saturated rings. The van der Waals surface area contributed by atoms with E-state index in [4.69, 9.17) is 14.7 Å². The van der Waals surface area contributed by atoms with E-state index in [-0.39, 0.29) is 12.0 Å². The highest BCUT2D eigenvalue weighted by atomic mass is 16.5. The number of piperidine rings is 1. The number of nitriles is 1. The first kappa shape index (κ1) is 15.3. The molecule has 112 valence electrons. The number of methoxy groups -OCH3 is 1. The Hall–Kier alpha value is -2.06. The van der Waals surface area contributed by atoms with Gasteiger partial charge in [0.1, 0.15) is 18.4 Å². The van der Waals surface area contributed by atoms with Crippen molar-refractivity contribution in [2.75, 3.05) is 26.8 Å². The van der Waals surface area contributed by atoms with Gasteiger partial charge in [-0.3, -0.25) is 9.69 Å². The molecule has 0 spiro atoms. The first-order valence-corrected chi connectivity index (χ1v) is 7.19. The van der Waals surface area contributed by atoms with Gasteiger partial charge in [-0.25, -0.2) is 0 Å². The zero-order chi connectivity index (χ0) is 15.1. The van der Waals surface area contributed by atoms with Crippen LogP contribution in [0.5, 0.6) is 5.75 Å². The lowest BCUT2D eigenvalue weighted by Gasteiger charge is -2.33. The van der Waals surface area contributed by atoms with E-state index < -0.39 is 0 Å². The van der Waals surface area contributed by atoms with Crippen LogP contribution in [-0.4, -0.2) is 43.7 Å². The number of hydrogen-bond donors (Lipinski definition) is 0. The fourth-order valence-corrected chi connectivity index (χ4v) is 2.57. The highest BCUT2D eigenvalue weighted by molar-refractivity contribution is 5.75. The van der Waals surface area contributed by atoms with Crippen molar-refractivity contribution >= 4 is 5.97 Å². The van der Waals surface area contributed by atoms with Crippen molar-refractivity contribution < 1.29 is 14.3 Å². The lowest BCUT2D eigenvalue weighted by Crippen LogP contribution is -2.46. The molecule has 0 aromatic heterocycles. The van der Waals surface area contributed by atoms with Crippen molar-refractivity contribution in [3.63, 3.8) is 0 Å². The normalized spacial score (nSPS) is 18.8. The number of hydrogen-bond acceptors (Lipinski definition) is 5. The molecule has 1 atom stereocenters. The molecule has 0 aliphatic carbocycles. The second-order valence-electron chi connectivity index (χ2n) is 5.06. The second kappa shape index (κ2) is 7.65. The molecule has 1 aliphatic heterocycles. The summed E-state index contributed by atoms with van der Waals surface area (Å²) >= 11 is 0. The molecule has 1 aliphatic rings. The van der Waals surface area contributed by atoms with E-state index in [2.05, 4.69) is 11.0 Å². The van der Waals surface area contributed by atoms with Crippen LogP contribution in [0, 0.1) is 11.3 Å². The van der Waals surface area contributed by atoms with Gasteiger partial charge in [-0.2, -0.15) is 5.26 Å². The van der Waals surface area contributed by atoms with Gasteiger partial charge in [0, 0.05) is 6.54 Å².